The van der Waals surface area contributed by atoms with Crippen molar-refractivity contribution in [2.24, 2.45) is 0 Å². The van der Waals surface area contributed by atoms with E-state index in [4.69, 9.17) is 4.98 Å². The number of hydrogen-bond acceptors (Lipinski definition) is 3. The van der Waals surface area contributed by atoms with Crippen LogP contribution in [0.25, 0.3) is 0 Å². The van der Waals surface area contributed by atoms with Gasteiger partial charge in [-0.1, -0.05) is 50.1 Å². The molecule has 3 heteroatoms. The first-order valence-corrected chi connectivity index (χ1v) is 8.78. The molecule has 0 saturated heterocycles. The summed E-state index contributed by atoms with van der Waals surface area (Å²) in [5, 5.41) is 4.75. The van der Waals surface area contributed by atoms with Gasteiger partial charge in [-0.3, -0.25) is 0 Å². The van der Waals surface area contributed by atoms with E-state index < -0.39 is 0 Å². The molecule has 0 aliphatic rings. The average molecular weight is 302 g/mol. The van der Waals surface area contributed by atoms with Crippen LogP contribution in [0.4, 0.5) is 0 Å². The molecule has 0 amide bonds. The Morgan fingerprint density at radius 2 is 2.05 bits per heavy atom. The van der Waals surface area contributed by atoms with Gasteiger partial charge >= 0.3 is 0 Å². The van der Waals surface area contributed by atoms with Crippen molar-refractivity contribution in [2.75, 3.05) is 6.54 Å². The van der Waals surface area contributed by atoms with E-state index in [2.05, 4.69) is 50.4 Å². The molecule has 0 atom stereocenters. The van der Waals surface area contributed by atoms with Crippen molar-refractivity contribution in [3.05, 3.63) is 51.0 Å². The molecule has 1 N–H and O–H groups in total. The molecule has 0 spiro atoms. The summed E-state index contributed by atoms with van der Waals surface area (Å²) in [5.74, 6) is 0. The van der Waals surface area contributed by atoms with Gasteiger partial charge in [0, 0.05) is 17.8 Å². The Balaban J connectivity index is 2.10. The topological polar surface area (TPSA) is 24.9 Å². The first-order valence-electron chi connectivity index (χ1n) is 7.96. The average Bonchev–Trinajstić information content (AvgIpc) is 2.81. The molecule has 21 heavy (non-hydrogen) atoms. The lowest BCUT2D eigenvalue weighted by atomic mass is 10.1. The van der Waals surface area contributed by atoms with Crippen LogP contribution in [-0.4, -0.2) is 11.5 Å². The summed E-state index contributed by atoms with van der Waals surface area (Å²) < 4.78 is 0. The second-order valence-electron chi connectivity index (χ2n) is 5.57. The standard InChI is InChI=1S/C18H26N2S/c1-4-7-16-17(13-19-10-5-2)21-18(20-16)12-15-9-6-8-14(3)11-15/h6,8-9,11,19H,4-5,7,10,12-13H2,1-3H3. The fourth-order valence-electron chi connectivity index (χ4n) is 2.46. The maximum Gasteiger partial charge on any atom is 0.0975 e. The zero-order valence-corrected chi connectivity index (χ0v) is 14.2. The molecule has 0 radical (unpaired) electrons. The van der Waals surface area contributed by atoms with Gasteiger partial charge in [0.15, 0.2) is 0 Å². The van der Waals surface area contributed by atoms with Crippen molar-refractivity contribution < 1.29 is 0 Å². The second-order valence-corrected chi connectivity index (χ2v) is 6.74. The van der Waals surface area contributed by atoms with Crippen LogP contribution >= 0.6 is 11.3 Å². The van der Waals surface area contributed by atoms with Gasteiger partial charge in [-0.05, 0) is 31.9 Å². The first-order chi connectivity index (χ1) is 10.2. The highest BCUT2D eigenvalue weighted by molar-refractivity contribution is 7.11. The molecule has 0 fully saturated rings. The highest BCUT2D eigenvalue weighted by atomic mass is 32.1. The summed E-state index contributed by atoms with van der Waals surface area (Å²) in [7, 11) is 0. The van der Waals surface area contributed by atoms with Gasteiger partial charge in [0.2, 0.25) is 0 Å². The zero-order chi connectivity index (χ0) is 15.1. The van der Waals surface area contributed by atoms with Crippen molar-refractivity contribution in [1.29, 1.82) is 0 Å². The van der Waals surface area contributed by atoms with Crippen LogP contribution in [-0.2, 0) is 19.4 Å². The van der Waals surface area contributed by atoms with Crippen LogP contribution in [0.3, 0.4) is 0 Å². The predicted molar refractivity (Wildman–Crippen MR) is 92.1 cm³/mol. The van der Waals surface area contributed by atoms with Crippen LogP contribution in [0.1, 0.15) is 53.4 Å². The molecule has 1 aromatic heterocycles. The molecule has 0 unspecified atom stereocenters. The molecule has 2 aromatic rings. The zero-order valence-electron chi connectivity index (χ0n) is 13.4. The second kappa shape index (κ2) is 8.30. The third-order valence-corrected chi connectivity index (χ3v) is 4.56. The summed E-state index contributed by atoms with van der Waals surface area (Å²) in [6.07, 6.45) is 4.39. The summed E-state index contributed by atoms with van der Waals surface area (Å²) in [6, 6.07) is 8.74. The highest BCUT2D eigenvalue weighted by Gasteiger charge is 2.10. The Labute approximate surface area is 132 Å². The lowest BCUT2D eigenvalue weighted by Crippen LogP contribution is -2.13. The summed E-state index contributed by atoms with van der Waals surface area (Å²) in [4.78, 5) is 6.31. The van der Waals surface area contributed by atoms with Crippen molar-refractivity contribution in [1.82, 2.24) is 10.3 Å². The van der Waals surface area contributed by atoms with Gasteiger partial charge in [-0.2, -0.15) is 0 Å². The number of nitrogens with one attached hydrogen (secondary N) is 1. The summed E-state index contributed by atoms with van der Waals surface area (Å²) in [5.41, 5.74) is 3.98. The maximum absolute atomic E-state index is 4.88. The van der Waals surface area contributed by atoms with E-state index in [-0.39, 0.29) is 0 Å². The molecule has 2 nitrogen and oxygen atoms in total. The third kappa shape index (κ3) is 4.94. The normalized spacial score (nSPS) is 11.0. The summed E-state index contributed by atoms with van der Waals surface area (Å²) in [6.45, 7) is 8.62. The largest absolute Gasteiger partial charge is 0.312 e. The van der Waals surface area contributed by atoms with Crippen LogP contribution < -0.4 is 5.32 Å². The Bertz CT molecular complexity index is 560. The fraction of sp³-hybridized carbons (Fsp3) is 0.500. The minimum Gasteiger partial charge on any atom is -0.312 e. The molecule has 0 bridgehead atoms. The molecule has 114 valence electrons. The van der Waals surface area contributed by atoms with Crippen molar-refractivity contribution >= 4 is 11.3 Å². The Kier molecular flexibility index (Phi) is 6.40. The number of aryl methyl sites for hydroxylation is 2. The van der Waals surface area contributed by atoms with Crippen LogP contribution in [0.15, 0.2) is 24.3 Å². The molecule has 0 saturated carbocycles. The number of aromatic nitrogens is 1. The lowest BCUT2D eigenvalue weighted by molar-refractivity contribution is 0.674. The van der Waals surface area contributed by atoms with E-state index in [9.17, 15) is 0 Å². The summed E-state index contributed by atoms with van der Waals surface area (Å²) >= 11 is 1.88. The Hall–Kier alpha value is -1.19. The molecule has 0 aliphatic heterocycles. The number of rotatable bonds is 8. The van der Waals surface area contributed by atoms with Crippen LogP contribution in [0.5, 0.6) is 0 Å². The lowest BCUT2D eigenvalue weighted by Gasteiger charge is -2.02. The molecule has 2 rings (SSSR count). The third-order valence-electron chi connectivity index (χ3n) is 3.46. The van der Waals surface area contributed by atoms with Gasteiger partial charge in [0.1, 0.15) is 0 Å². The van der Waals surface area contributed by atoms with Gasteiger partial charge in [-0.15, -0.1) is 11.3 Å². The van der Waals surface area contributed by atoms with E-state index in [0.29, 0.717) is 0 Å². The Morgan fingerprint density at radius 3 is 2.76 bits per heavy atom. The van der Waals surface area contributed by atoms with Crippen molar-refractivity contribution in [3.8, 4) is 0 Å². The van der Waals surface area contributed by atoms with Crippen molar-refractivity contribution in [2.45, 2.75) is 53.0 Å². The monoisotopic (exact) mass is 302 g/mol. The smallest absolute Gasteiger partial charge is 0.0975 e. The quantitative estimate of drug-likeness (QED) is 0.727. The number of nitrogens with zero attached hydrogens (tertiary/aromatic N) is 1. The molecular formula is C18H26N2S. The van der Waals surface area contributed by atoms with E-state index in [0.717, 1.165) is 32.4 Å². The van der Waals surface area contributed by atoms with Gasteiger partial charge in [0.25, 0.3) is 0 Å². The maximum atomic E-state index is 4.88. The fourth-order valence-corrected chi connectivity index (χ4v) is 3.58. The van der Waals surface area contributed by atoms with Crippen molar-refractivity contribution in [3.63, 3.8) is 0 Å². The number of benzene rings is 1. The van der Waals surface area contributed by atoms with E-state index >= 15 is 0 Å². The van der Waals surface area contributed by atoms with Crippen LogP contribution in [0, 0.1) is 6.92 Å². The predicted octanol–water partition coefficient (Wildman–Crippen LogP) is 4.49. The highest BCUT2D eigenvalue weighted by Crippen LogP contribution is 2.23. The minimum atomic E-state index is 0.955. The van der Waals surface area contributed by atoms with Gasteiger partial charge in [-0.25, -0.2) is 4.98 Å². The molecular weight excluding hydrogens is 276 g/mol. The van der Waals surface area contributed by atoms with Gasteiger partial charge in [0.05, 0.1) is 10.7 Å². The number of hydrogen-bond donors (Lipinski definition) is 1. The SMILES string of the molecule is CCCNCc1sc(Cc2cccc(C)c2)nc1CCC. The number of thiazole rings is 1. The molecule has 0 aliphatic carbocycles. The molecule has 1 heterocycles. The first kappa shape index (κ1) is 16.2. The van der Waals surface area contributed by atoms with E-state index in [1.807, 2.05) is 11.3 Å². The van der Waals surface area contributed by atoms with Gasteiger partial charge < -0.3 is 5.32 Å². The minimum absolute atomic E-state index is 0.955. The van der Waals surface area contributed by atoms with E-state index in [1.165, 1.54) is 33.1 Å². The molecule has 1 aromatic carbocycles. The van der Waals surface area contributed by atoms with Crippen LogP contribution in [0.2, 0.25) is 0 Å². The Morgan fingerprint density at radius 1 is 1.19 bits per heavy atom. The van der Waals surface area contributed by atoms with E-state index in [1.54, 1.807) is 0 Å².